The van der Waals surface area contributed by atoms with Crippen LogP contribution in [0.15, 0.2) is 54.6 Å². The fourth-order valence-corrected chi connectivity index (χ4v) is 4.71. The molecule has 2 amide bonds. The molecule has 0 bridgehead atoms. The normalized spacial score (nSPS) is 19.1. The van der Waals surface area contributed by atoms with Gasteiger partial charge in [-0.2, -0.15) is 0 Å². The molecule has 2 fully saturated rings. The van der Waals surface area contributed by atoms with Gasteiger partial charge in [0.05, 0.1) is 6.42 Å². The van der Waals surface area contributed by atoms with Crippen molar-refractivity contribution in [3.8, 4) is 11.1 Å². The predicted molar refractivity (Wildman–Crippen MR) is 120 cm³/mol. The highest BCUT2D eigenvalue weighted by Crippen LogP contribution is 2.24. The summed E-state index contributed by atoms with van der Waals surface area (Å²) < 4.78 is 0. The van der Waals surface area contributed by atoms with Crippen molar-refractivity contribution in [2.75, 3.05) is 26.2 Å². The van der Waals surface area contributed by atoms with E-state index in [9.17, 15) is 9.59 Å². The molecular weight excluding hydrogens is 372 g/mol. The molecule has 158 valence electrons. The van der Waals surface area contributed by atoms with E-state index in [1.165, 1.54) is 11.1 Å². The number of rotatable bonds is 6. The Morgan fingerprint density at radius 2 is 1.43 bits per heavy atom. The van der Waals surface area contributed by atoms with E-state index in [1.807, 2.05) is 28.0 Å². The zero-order valence-electron chi connectivity index (χ0n) is 17.8. The van der Waals surface area contributed by atoms with E-state index < -0.39 is 0 Å². The number of hydrogen-bond donors (Lipinski definition) is 0. The largest absolute Gasteiger partial charge is 0.343 e. The van der Waals surface area contributed by atoms with Crippen molar-refractivity contribution < 1.29 is 9.59 Å². The lowest BCUT2D eigenvalue weighted by Gasteiger charge is -2.33. The van der Waals surface area contributed by atoms with Gasteiger partial charge in [-0.25, -0.2) is 0 Å². The van der Waals surface area contributed by atoms with Crippen molar-refractivity contribution >= 4 is 11.8 Å². The van der Waals surface area contributed by atoms with E-state index in [1.54, 1.807) is 0 Å². The lowest BCUT2D eigenvalue weighted by molar-refractivity contribution is -0.132. The third kappa shape index (κ3) is 5.29. The summed E-state index contributed by atoms with van der Waals surface area (Å²) >= 11 is 0. The lowest BCUT2D eigenvalue weighted by atomic mass is 9.92. The maximum atomic E-state index is 12.9. The topological polar surface area (TPSA) is 40.6 Å². The van der Waals surface area contributed by atoms with E-state index >= 15 is 0 Å². The molecule has 0 aromatic heterocycles. The summed E-state index contributed by atoms with van der Waals surface area (Å²) in [5.74, 6) is 0.960. The molecule has 2 heterocycles. The quantitative estimate of drug-likeness (QED) is 0.709. The van der Waals surface area contributed by atoms with Crippen molar-refractivity contribution in [2.45, 2.75) is 44.9 Å². The van der Waals surface area contributed by atoms with E-state index in [-0.39, 0.29) is 5.91 Å². The number of likely N-dealkylation sites (tertiary alicyclic amines) is 2. The molecule has 0 unspecified atom stereocenters. The van der Waals surface area contributed by atoms with Crippen molar-refractivity contribution in [3.63, 3.8) is 0 Å². The molecular formula is C26H32N2O2. The van der Waals surface area contributed by atoms with Gasteiger partial charge in [0.15, 0.2) is 0 Å². The van der Waals surface area contributed by atoms with E-state index in [0.29, 0.717) is 24.7 Å². The summed E-state index contributed by atoms with van der Waals surface area (Å²) in [6, 6.07) is 18.6. The first-order chi connectivity index (χ1) is 14.7. The van der Waals surface area contributed by atoms with Crippen molar-refractivity contribution in [3.05, 3.63) is 60.2 Å². The van der Waals surface area contributed by atoms with Crippen LogP contribution in [-0.4, -0.2) is 47.8 Å². The van der Waals surface area contributed by atoms with Gasteiger partial charge in [0, 0.05) is 32.6 Å². The van der Waals surface area contributed by atoms with Gasteiger partial charge in [0.2, 0.25) is 11.8 Å². The van der Waals surface area contributed by atoms with Crippen LogP contribution >= 0.6 is 0 Å². The van der Waals surface area contributed by atoms with Crippen molar-refractivity contribution in [1.82, 2.24) is 9.80 Å². The zero-order chi connectivity index (χ0) is 20.8. The molecule has 0 radical (unpaired) electrons. The van der Waals surface area contributed by atoms with Crippen LogP contribution in [0.5, 0.6) is 0 Å². The number of piperidine rings is 1. The molecule has 2 saturated heterocycles. The molecule has 4 rings (SSSR count). The minimum atomic E-state index is 0.207. The molecule has 30 heavy (non-hydrogen) atoms. The van der Waals surface area contributed by atoms with Crippen LogP contribution in [0.2, 0.25) is 0 Å². The summed E-state index contributed by atoms with van der Waals surface area (Å²) in [6.45, 7) is 3.50. The molecule has 2 aromatic rings. The smallest absolute Gasteiger partial charge is 0.226 e. The van der Waals surface area contributed by atoms with Crippen LogP contribution in [-0.2, 0) is 16.0 Å². The lowest BCUT2D eigenvalue weighted by Crippen LogP contribution is -2.41. The number of benzene rings is 2. The van der Waals surface area contributed by atoms with Gasteiger partial charge in [-0.3, -0.25) is 9.59 Å². The molecule has 0 saturated carbocycles. The van der Waals surface area contributed by atoms with E-state index in [4.69, 9.17) is 0 Å². The third-order valence-corrected chi connectivity index (χ3v) is 6.51. The molecule has 4 heteroatoms. The summed E-state index contributed by atoms with van der Waals surface area (Å²) in [4.78, 5) is 29.2. The summed E-state index contributed by atoms with van der Waals surface area (Å²) in [7, 11) is 0. The molecule has 4 nitrogen and oxygen atoms in total. The molecule has 0 spiro atoms. The maximum absolute atomic E-state index is 12.9. The van der Waals surface area contributed by atoms with Crippen LogP contribution in [0.3, 0.4) is 0 Å². The first-order valence-corrected chi connectivity index (χ1v) is 11.4. The van der Waals surface area contributed by atoms with Gasteiger partial charge in [0.25, 0.3) is 0 Å². The Bertz CT molecular complexity index is 841. The van der Waals surface area contributed by atoms with Crippen LogP contribution < -0.4 is 0 Å². The monoisotopic (exact) mass is 404 g/mol. The minimum absolute atomic E-state index is 0.207. The predicted octanol–water partition coefficient (Wildman–Crippen LogP) is 4.54. The number of carbonyl (C=O) groups excluding carboxylic acids is 2. The third-order valence-electron chi connectivity index (χ3n) is 6.51. The Morgan fingerprint density at radius 3 is 2.17 bits per heavy atom. The van der Waals surface area contributed by atoms with Crippen LogP contribution in [0.1, 0.15) is 44.1 Å². The molecule has 2 aliphatic heterocycles. The number of carbonyl (C=O) groups is 2. The summed E-state index contributed by atoms with van der Waals surface area (Å²) in [5, 5.41) is 0. The van der Waals surface area contributed by atoms with Gasteiger partial charge < -0.3 is 9.80 Å². The SMILES string of the molecule is O=C(CC[C@@H]1CCCN(C(=O)Cc2ccc(-c3ccccc3)cc2)C1)N1CCCC1. The highest BCUT2D eigenvalue weighted by Gasteiger charge is 2.25. The number of amides is 2. The second-order valence-electron chi connectivity index (χ2n) is 8.71. The molecule has 0 N–H and O–H groups in total. The summed E-state index contributed by atoms with van der Waals surface area (Å²) in [5.41, 5.74) is 3.43. The van der Waals surface area contributed by atoms with E-state index in [0.717, 1.165) is 63.8 Å². The van der Waals surface area contributed by atoms with Gasteiger partial charge in [-0.1, -0.05) is 54.6 Å². The Morgan fingerprint density at radius 1 is 0.767 bits per heavy atom. The fourth-order valence-electron chi connectivity index (χ4n) is 4.71. The van der Waals surface area contributed by atoms with Gasteiger partial charge >= 0.3 is 0 Å². The Hall–Kier alpha value is -2.62. The fraction of sp³-hybridized carbons (Fsp3) is 0.462. The van der Waals surface area contributed by atoms with E-state index in [2.05, 4.69) is 36.4 Å². The first-order valence-electron chi connectivity index (χ1n) is 11.4. The second-order valence-corrected chi connectivity index (χ2v) is 8.71. The molecule has 0 aliphatic carbocycles. The van der Waals surface area contributed by atoms with Crippen molar-refractivity contribution in [2.24, 2.45) is 5.92 Å². The molecule has 1 atom stereocenters. The second kappa shape index (κ2) is 9.92. The van der Waals surface area contributed by atoms with Crippen LogP contribution in [0, 0.1) is 5.92 Å². The van der Waals surface area contributed by atoms with Crippen LogP contribution in [0.4, 0.5) is 0 Å². The van der Waals surface area contributed by atoms with Crippen LogP contribution in [0.25, 0.3) is 11.1 Å². The highest BCUT2D eigenvalue weighted by atomic mass is 16.2. The summed E-state index contributed by atoms with van der Waals surface area (Å²) in [6.07, 6.45) is 6.45. The van der Waals surface area contributed by atoms with Gasteiger partial charge in [-0.15, -0.1) is 0 Å². The molecule has 2 aliphatic rings. The van der Waals surface area contributed by atoms with Crippen molar-refractivity contribution in [1.29, 1.82) is 0 Å². The highest BCUT2D eigenvalue weighted by molar-refractivity contribution is 5.79. The number of hydrogen-bond acceptors (Lipinski definition) is 2. The average molecular weight is 405 g/mol. The standard InChI is InChI=1S/C26H32N2O2/c29-25(27-16-4-5-17-27)15-12-22-7-6-18-28(20-22)26(30)19-21-10-13-24(14-11-21)23-8-2-1-3-9-23/h1-3,8-11,13-14,22H,4-7,12,15-20H2/t22-/m0/s1. The maximum Gasteiger partial charge on any atom is 0.226 e. The average Bonchev–Trinajstić information content (AvgIpc) is 3.34. The minimum Gasteiger partial charge on any atom is -0.343 e. The Kier molecular flexibility index (Phi) is 6.83. The van der Waals surface area contributed by atoms with Gasteiger partial charge in [-0.05, 0) is 54.7 Å². The molecule has 2 aromatic carbocycles. The first kappa shape index (κ1) is 20.6. The Balaban J connectivity index is 1.27. The zero-order valence-corrected chi connectivity index (χ0v) is 17.8. The Labute approximate surface area is 179 Å². The number of nitrogens with zero attached hydrogens (tertiary/aromatic N) is 2. The van der Waals surface area contributed by atoms with Gasteiger partial charge in [0.1, 0.15) is 0 Å².